The molecular formula is BrClMg2+2. The molecule has 0 amide bonds. The molecule has 0 radical (unpaired) electrons. The largest absolute Gasteiger partial charge is 2.00 e. The molecule has 0 aromatic rings. The molecule has 0 aliphatic carbocycles. The maximum absolute atomic E-state index is 0. The van der Waals surface area contributed by atoms with Gasteiger partial charge in [-0.3, -0.25) is 0 Å². The minimum atomic E-state index is 0. The first kappa shape index (κ1) is 33.4. The number of hydrogen-bond acceptors (Lipinski definition) is 0. The Labute approximate surface area is 74.6 Å². The molecule has 0 fully saturated rings. The van der Waals surface area contributed by atoms with E-state index in [4.69, 9.17) is 0 Å². The Hall–Kier alpha value is 2.30. The van der Waals surface area contributed by atoms with E-state index in [2.05, 4.69) is 0 Å². The molecule has 0 aliphatic rings. The predicted molar refractivity (Wildman–Crippen MR) is 11.5 cm³/mol. The molecule has 0 aromatic heterocycles. The normalized spacial score (nSPS) is 0. The molecule has 0 unspecified atom stereocenters. The fourth-order valence-corrected chi connectivity index (χ4v) is 0. The van der Waals surface area contributed by atoms with E-state index in [0.717, 1.165) is 0 Å². The summed E-state index contributed by atoms with van der Waals surface area (Å²) in [5.74, 6) is 0. The topological polar surface area (TPSA) is 0 Å². The third kappa shape index (κ3) is 8.85. The van der Waals surface area contributed by atoms with Gasteiger partial charge < -0.3 is 29.4 Å². The average Bonchev–Trinajstić information content (AvgIpc) is 0. The van der Waals surface area contributed by atoms with Crippen LogP contribution in [0.1, 0.15) is 0 Å². The summed E-state index contributed by atoms with van der Waals surface area (Å²) in [5.41, 5.74) is 0. The molecular weight excluding hydrogens is 164 g/mol. The molecule has 0 atom stereocenters. The van der Waals surface area contributed by atoms with E-state index in [1.807, 2.05) is 0 Å². The zero-order chi connectivity index (χ0) is 0. The first-order chi connectivity index (χ1) is 0. The zero-order valence-electron chi connectivity index (χ0n) is 2.17. The number of rotatable bonds is 0. The molecule has 0 N–H and O–H groups in total. The molecule has 0 nitrogen and oxygen atoms in total. The van der Waals surface area contributed by atoms with Crippen molar-refractivity contribution in [3.8, 4) is 0 Å². The SMILES string of the molecule is [Br-].[Cl-].[Mg+2].[Mg+2]. The molecule has 0 bridgehead atoms. The Bertz CT molecular complexity index is 6.00. The summed E-state index contributed by atoms with van der Waals surface area (Å²) in [5, 5.41) is 0. The van der Waals surface area contributed by atoms with Gasteiger partial charge in [-0.05, 0) is 0 Å². The minimum Gasteiger partial charge on any atom is -1.00 e. The molecule has 0 spiro atoms. The van der Waals surface area contributed by atoms with Crippen LogP contribution in [0.25, 0.3) is 0 Å². The summed E-state index contributed by atoms with van der Waals surface area (Å²) >= 11 is 0. The van der Waals surface area contributed by atoms with Crippen molar-refractivity contribution in [2.75, 3.05) is 0 Å². The molecule has 4 heavy (non-hydrogen) atoms. The maximum Gasteiger partial charge on any atom is 2.00 e. The van der Waals surface area contributed by atoms with Gasteiger partial charge in [0.25, 0.3) is 0 Å². The summed E-state index contributed by atoms with van der Waals surface area (Å²) in [7, 11) is 0. The Morgan fingerprint density at radius 3 is 0.750 bits per heavy atom. The van der Waals surface area contributed by atoms with Gasteiger partial charge in [0.05, 0.1) is 0 Å². The maximum atomic E-state index is 0. The predicted octanol–water partition coefficient (Wildman–Crippen LogP) is -6.75. The van der Waals surface area contributed by atoms with Crippen molar-refractivity contribution >= 4 is 46.1 Å². The third-order valence-electron chi connectivity index (χ3n) is 0. The second-order valence-electron chi connectivity index (χ2n) is 0. The van der Waals surface area contributed by atoms with Gasteiger partial charge in [-0.1, -0.05) is 0 Å². The van der Waals surface area contributed by atoms with Crippen molar-refractivity contribution in [1.82, 2.24) is 0 Å². The van der Waals surface area contributed by atoms with Gasteiger partial charge in [-0.2, -0.15) is 0 Å². The van der Waals surface area contributed by atoms with Crippen LogP contribution in [-0.2, 0) is 0 Å². The Balaban J connectivity index is 0. The minimum absolute atomic E-state index is 0. The smallest absolute Gasteiger partial charge is 1.00 e. The van der Waals surface area contributed by atoms with Crippen LogP contribution in [-0.4, -0.2) is 46.1 Å². The van der Waals surface area contributed by atoms with Crippen molar-refractivity contribution in [3.63, 3.8) is 0 Å². The van der Waals surface area contributed by atoms with E-state index in [1.165, 1.54) is 0 Å². The Kier molecular flexibility index (Phi) is 155. The van der Waals surface area contributed by atoms with E-state index in [9.17, 15) is 0 Å². The molecule has 0 aromatic carbocycles. The quantitative estimate of drug-likeness (QED) is 0.312. The van der Waals surface area contributed by atoms with Crippen LogP contribution >= 0.6 is 0 Å². The van der Waals surface area contributed by atoms with E-state index < -0.39 is 0 Å². The number of hydrogen-bond donors (Lipinski definition) is 0. The van der Waals surface area contributed by atoms with Crippen molar-refractivity contribution in [3.05, 3.63) is 0 Å². The van der Waals surface area contributed by atoms with Crippen molar-refractivity contribution in [2.45, 2.75) is 0 Å². The molecule has 0 heterocycles. The third-order valence-corrected chi connectivity index (χ3v) is 0. The summed E-state index contributed by atoms with van der Waals surface area (Å²) in [6.07, 6.45) is 0. The fourth-order valence-electron chi connectivity index (χ4n) is 0. The van der Waals surface area contributed by atoms with E-state index >= 15 is 0 Å². The Morgan fingerprint density at radius 1 is 0.750 bits per heavy atom. The molecule has 0 aliphatic heterocycles. The van der Waals surface area contributed by atoms with Gasteiger partial charge in [-0.25, -0.2) is 0 Å². The first-order valence-electron chi connectivity index (χ1n) is 0. The first-order valence-corrected chi connectivity index (χ1v) is 0. The van der Waals surface area contributed by atoms with E-state index in [1.54, 1.807) is 0 Å². The summed E-state index contributed by atoms with van der Waals surface area (Å²) in [6.45, 7) is 0. The second kappa shape index (κ2) is 18.5. The second-order valence-corrected chi connectivity index (χ2v) is 0. The van der Waals surface area contributed by atoms with Gasteiger partial charge in [0, 0.05) is 0 Å². The molecule has 0 saturated heterocycles. The number of halogens is 2. The molecule has 16 valence electrons. The standard InChI is InChI=1S/BrH.ClH.2Mg/h2*1H;;/q;;2*+2/p-2. The van der Waals surface area contributed by atoms with Gasteiger partial charge in [-0.15, -0.1) is 0 Å². The van der Waals surface area contributed by atoms with Crippen LogP contribution in [0.3, 0.4) is 0 Å². The van der Waals surface area contributed by atoms with Gasteiger partial charge in [0.15, 0.2) is 0 Å². The van der Waals surface area contributed by atoms with Crippen LogP contribution < -0.4 is 29.4 Å². The molecule has 0 rings (SSSR count). The molecule has 4 heteroatoms. The fraction of sp³-hybridized carbons (Fsp3) is 0. The van der Waals surface area contributed by atoms with Crippen LogP contribution in [0.4, 0.5) is 0 Å². The van der Waals surface area contributed by atoms with Crippen LogP contribution in [0.15, 0.2) is 0 Å². The van der Waals surface area contributed by atoms with E-state index in [-0.39, 0.29) is 75.5 Å². The monoisotopic (exact) mass is 162 g/mol. The summed E-state index contributed by atoms with van der Waals surface area (Å²) < 4.78 is 0. The summed E-state index contributed by atoms with van der Waals surface area (Å²) in [6, 6.07) is 0. The van der Waals surface area contributed by atoms with Crippen molar-refractivity contribution in [1.29, 1.82) is 0 Å². The van der Waals surface area contributed by atoms with Crippen LogP contribution in [0, 0.1) is 0 Å². The van der Waals surface area contributed by atoms with Crippen molar-refractivity contribution in [2.24, 2.45) is 0 Å². The summed E-state index contributed by atoms with van der Waals surface area (Å²) in [4.78, 5) is 0. The van der Waals surface area contributed by atoms with Gasteiger partial charge >= 0.3 is 46.1 Å². The van der Waals surface area contributed by atoms with Crippen LogP contribution in [0.5, 0.6) is 0 Å². The van der Waals surface area contributed by atoms with Crippen molar-refractivity contribution < 1.29 is 29.4 Å². The zero-order valence-corrected chi connectivity index (χ0v) is 7.34. The molecule has 0 saturated carbocycles. The van der Waals surface area contributed by atoms with E-state index in [0.29, 0.717) is 0 Å². The van der Waals surface area contributed by atoms with Gasteiger partial charge in [0.1, 0.15) is 0 Å². The Morgan fingerprint density at radius 2 is 0.750 bits per heavy atom. The van der Waals surface area contributed by atoms with Crippen LogP contribution in [0.2, 0.25) is 0 Å². The average molecular weight is 164 g/mol. The van der Waals surface area contributed by atoms with Gasteiger partial charge in [0.2, 0.25) is 0 Å².